The summed E-state index contributed by atoms with van der Waals surface area (Å²) in [6, 6.07) is 5.37. The first-order valence-corrected chi connectivity index (χ1v) is 5.90. The summed E-state index contributed by atoms with van der Waals surface area (Å²) in [6.07, 6.45) is 0.798. The van der Waals surface area contributed by atoms with Crippen LogP contribution in [0.5, 0.6) is 0 Å². The molecule has 1 aliphatic rings. The highest BCUT2D eigenvalue weighted by Gasteiger charge is 2.27. The largest absolute Gasteiger partial charge is 0.481 e. The zero-order chi connectivity index (χ0) is 13.3. The van der Waals surface area contributed by atoms with Gasteiger partial charge in [0.15, 0.2) is 0 Å². The molecule has 96 valence electrons. The second-order valence-corrected chi connectivity index (χ2v) is 4.64. The molecule has 18 heavy (non-hydrogen) atoms. The zero-order valence-corrected chi connectivity index (χ0v) is 10.2. The van der Waals surface area contributed by atoms with E-state index in [1.54, 1.807) is 24.0 Å². The molecule has 0 aromatic heterocycles. The standard InChI is InChI=1S/C13H16N2O3/c1-8(13(17)18)4-5-15-11-3-2-10(14)6-9(11)7-12(15)16/h2-3,6,8H,4-5,7,14H2,1H3,(H,17,18). The van der Waals surface area contributed by atoms with Crippen LogP contribution in [0.3, 0.4) is 0 Å². The van der Waals surface area contributed by atoms with Gasteiger partial charge in [0.2, 0.25) is 5.91 Å². The van der Waals surface area contributed by atoms with Crippen molar-refractivity contribution in [3.63, 3.8) is 0 Å². The van der Waals surface area contributed by atoms with E-state index < -0.39 is 11.9 Å². The Bertz CT molecular complexity index is 499. The maximum Gasteiger partial charge on any atom is 0.306 e. The van der Waals surface area contributed by atoms with Gasteiger partial charge in [-0.2, -0.15) is 0 Å². The monoisotopic (exact) mass is 248 g/mol. The number of carboxylic acids is 1. The number of nitrogen functional groups attached to an aromatic ring is 1. The topological polar surface area (TPSA) is 83.6 Å². The van der Waals surface area contributed by atoms with Gasteiger partial charge < -0.3 is 15.7 Å². The highest BCUT2D eigenvalue weighted by Crippen LogP contribution is 2.30. The quantitative estimate of drug-likeness (QED) is 0.786. The molecule has 1 amide bonds. The lowest BCUT2D eigenvalue weighted by Crippen LogP contribution is -2.29. The average molecular weight is 248 g/mol. The van der Waals surface area contributed by atoms with E-state index in [4.69, 9.17) is 10.8 Å². The van der Waals surface area contributed by atoms with Crippen LogP contribution in [0, 0.1) is 5.92 Å². The van der Waals surface area contributed by atoms with Gasteiger partial charge >= 0.3 is 5.97 Å². The first-order chi connectivity index (χ1) is 8.49. The molecule has 0 saturated carbocycles. The maximum atomic E-state index is 11.9. The van der Waals surface area contributed by atoms with E-state index in [1.807, 2.05) is 6.07 Å². The number of hydrogen-bond acceptors (Lipinski definition) is 3. The van der Waals surface area contributed by atoms with Crippen molar-refractivity contribution in [2.24, 2.45) is 5.92 Å². The molecule has 0 saturated heterocycles. The molecule has 0 aliphatic carbocycles. The molecule has 0 radical (unpaired) electrons. The summed E-state index contributed by atoms with van der Waals surface area (Å²) in [7, 11) is 0. The molecule has 3 N–H and O–H groups in total. The van der Waals surface area contributed by atoms with E-state index >= 15 is 0 Å². The molecular weight excluding hydrogens is 232 g/mol. The predicted molar refractivity (Wildman–Crippen MR) is 68.3 cm³/mol. The Morgan fingerprint density at radius 2 is 2.28 bits per heavy atom. The number of anilines is 2. The Labute approximate surface area is 105 Å². The molecule has 1 unspecified atom stereocenters. The van der Waals surface area contributed by atoms with Gasteiger partial charge in [0, 0.05) is 17.9 Å². The fraction of sp³-hybridized carbons (Fsp3) is 0.385. The predicted octanol–water partition coefficient (Wildman–Crippen LogP) is 1.27. The van der Waals surface area contributed by atoms with Crippen molar-refractivity contribution < 1.29 is 14.7 Å². The summed E-state index contributed by atoms with van der Waals surface area (Å²) in [5.74, 6) is -1.28. The van der Waals surface area contributed by atoms with Crippen LogP contribution in [-0.2, 0) is 16.0 Å². The van der Waals surface area contributed by atoms with Crippen molar-refractivity contribution in [1.29, 1.82) is 0 Å². The number of nitrogens with two attached hydrogens (primary N) is 1. The van der Waals surface area contributed by atoms with Crippen LogP contribution in [0.1, 0.15) is 18.9 Å². The lowest BCUT2D eigenvalue weighted by atomic mass is 10.1. The third-order valence-corrected chi connectivity index (χ3v) is 3.24. The lowest BCUT2D eigenvalue weighted by Gasteiger charge is -2.18. The van der Waals surface area contributed by atoms with Crippen LogP contribution < -0.4 is 10.6 Å². The Hall–Kier alpha value is -2.04. The van der Waals surface area contributed by atoms with Crippen LogP contribution in [-0.4, -0.2) is 23.5 Å². The molecule has 1 aliphatic heterocycles. The number of carboxylic acid groups (broad SMARTS) is 1. The molecule has 1 aromatic rings. The number of amides is 1. The van der Waals surface area contributed by atoms with Gasteiger partial charge in [0.25, 0.3) is 0 Å². The van der Waals surface area contributed by atoms with Gasteiger partial charge in [0.05, 0.1) is 12.3 Å². The smallest absolute Gasteiger partial charge is 0.306 e. The van der Waals surface area contributed by atoms with Crippen LogP contribution in [0.4, 0.5) is 11.4 Å². The number of aliphatic carboxylic acids is 1. The van der Waals surface area contributed by atoms with E-state index in [-0.39, 0.29) is 5.91 Å². The fourth-order valence-electron chi connectivity index (χ4n) is 2.09. The summed E-state index contributed by atoms with van der Waals surface area (Å²) >= 11 is 0. The number of benzene rings is 1. The van der Waals surface area contributed by atoms with Gasteiger partial charge in [-0.1, -0.05) is 6.92 Å². The van der Waals surface area contributed by atoms with Crippen LogP contribution in [0.15, 0.2) is 18.2 Å². The van der Waals surface area contributed by atoms with Crippen LogP contribution >= 0.6 is 0 Å². The Morgan fingerprint density at radius 1 is 1.56 bits per heavy atom. The normalized spacial score (nSPS) is 15.6. The zero-order valence-electron chi connectivity index (χ0n) is 10.2. The molecule has 2 rings (SSSR count). The van der Waals surface area contributed by atoms with Crippen molar-refractivity contribution >= 4 is 23.3 Å². The van der Waals surface area contributed by atoms with Gasteiger partial charge in [0.1, 0.15) is 0 Å². The first-order valence-electron chi connectivity index (χ1n) is 5.90. The molecule has 1 atom stereocenters. The Morgan fingerprint density at radius 3 is 2.94 bits per heavy atom. The van der Waals surface area contributed by atoms with Crippen molar-refractivity contribution in [3.8, 4) is 0 Å². The maximum absolute atomic E-state index is 11.9. The van der Waals surface area contributed by atoms with E-state index in [9.17, 15) is 9.59 Å². The summed E-state index contributed by atoms with van der Waals surface area (Å²) in [5.41, 5.74) is 8.09. The summed E-state index contributed by atoms with van der Waals surface area (Å²) in [6.45, 7) is 2.08. The van der Waals surface area contributed by atoms with E-state index in [0.717, 1.165) is 11.3 Å². The van der Waals surface area contributed by atoms with Crippen LogP contribution in [0.25, 0.3) is 0 Å². The SMILES string of the molecule is CC(CCN1C(=O)Cc2cc(N)ccc21)C(=O)O. The van der Waals surface area contributed by atoms with Crippen LogP contribution in [0.2, 0.25) is 0 Å². The Kier molecular flexibility index (Phi) is 3.23. The number of carbonyl (C=O) groups excluding carboxylic acids is 1. The number of hydrogen-bond donors (Lipinski definition) is 2. The van der Waals surface area contributed by atoms with Crippen molar-refractivity contribution in [1.82, 2.24) is 0 Å². The van der Waals surface area contributed by atoms with Gasteiger partial charge in [-0.3, -0.25) is 9.59 Å². The Balaban J connectivity index is 2.11. The van der Waals surface area contributed by atoms with E-state index in [2.05, 4.69) is 0 Å². The van der Waals surface area contributed by atoms with Crippen molar-refractivity contribution in [2.75, 3.05) is 17.2 Å². The third-order valence-electron chi connectivity index (χ3n) is 3.24. The summed E-state index contributed by atoms with van der Waals surface area (Å²) in [4.78, 5) is 24.3. The molecule has 0 fully saturated rings. The third kappa shape index (κ3) is 2.30. The van der Waals surface area contributed by atoms with Gasteiger partial charge in [-0.25, -0.2) is 0 Å². The molecule has 0 spiro atoms. The first kappa shape index (κ1) is 12.4. The molecule has 1 aromatic carbocycles. The molecule has 0 bridgehead atoms. The average Bonchev–Trinajstić information content (AvgIpc) is 2.60. The number of nitrogens with zero attached hydrogens (tertiary/aromatic N) is 1. The van der Waals surface area contributed by atoms with Crippen molar-refractivity contribution in [3.05, 3.63) is 23.8 Å². The number of fused-ring (bicyclic) bond motifs is 1. The summed E-state index contributed by atoms with van der Waals surface area (Å²) < 4.78 is 0. The minimum absolute atomic E-state index is 0.00758. The van der Waals surface area contributed by atoms with Gasteiger partial charge in [-0.15, -0.1) is 0 Å². The number of rotatable bonds is 4. The molecule has 5 nitrogen and oxygen atoms in total. The fourth-order valence-corrected chi connectivity index (χ4v) is 2.09. The number of carbonyl (C=O) groups is 2. The minimum atomic E-state index is -0.834. The highest BCUT2D eigenvalue weighted by atomic mass is 16.4. The van der Waals surface area contributed by atoms with Gasteiger partial charge in [-0.05, 0) is 30.2 Å². The minimum Gasteiger partial charge on any atom is -0.481 e. The van der Waals surface area contributed by atoms with E-state index in [1.165, 1.54) is 0 Å². The highest BCUT2D eigenvalue weighted by molar-refractivity contribution is 6.01. The second kappa shape index (κ2) is 4.68. The molecule has 5 heteroatoms. The lowest BCUT2D eigenvalue weighted by molar-refractivity contribution is -0.141. The molecular formula is C13H16N2O3. The molecule has 1 heterocycles. The van der Waals surface area contributed by atoms with Crippen molar-refractivity contribution in [2.45, 2.75) is 19.8 Å². The summed E-state index contributed by atoms with van der Waals surface area (Å²) in [5, 5.41) is 8.83. The van der Waals surface area contributed by atoms with E-state index in [0.29, 0.717) is 25.1 Å². The second-order valence-electron chi connectivity index (χ2n) is 4.64.